The molecule has 1 unspecified atom stereocenters. The molecule has 0 radical (unpaired) electrons. The Bertz CT molecular complexity index is 207. The van der Waals surface area contributed by atoms with Gasteiger partial charge in [-0.05, 0) is 13.3 Å². The van der Waals surface area contributed by atoms with Crippen molar-refractivity contribution in [1.82, 2.24) is 0 Å². The topological polar surface area (TPSA) is 60.7 Å². The molecule has 0 rings (SSSR count). The molecule has 0 bridgehead atoms. The van der Waals surface area contributed by atoms with E-state index in [-0.39, 0.29) is 5.92 Å². The summed E-state index contributed by atoms with van der Waals surface area (Å²) in [6.45, 7) is 2.90. The lowest BCUT2D eigenvalue weighted by molar-refractivity contribution is 0.101. The van der Waals surface area contributed by atoms with Gasteiger partial charge in [0.1, 0.15) is 0 Å². The minimum atomic E-state index is -2.45. The Labute approximate surface area is 98.6 Å². The highest BCUT2D eigenvalue weighted by molar-refractivity contribution is 6.60. The molecule has 5 nitrogen and oxygen atoms in total. The van der Waals surface area contributed by atoms with E-state index < -0.39 is 8.80 Å². The van der Waals surface area contributed by atoms with Crippen molar-refractivity contribution in [2.75, 3.05) is 34.5 Å². The normalized spacial score (nSPS) is 13.4. The van der Waals surface area contributed by atoms with Gasteiger partial charge in [-0.25, -0.2) is 0 Å². The summed E-state index contributed by atoms with van der Waals surface area (Å²) in [5, 5.41) is 8.55. The van der Waals surface area contributed by atoms with Crippen LogP contribution in [0.2, 0.25) is 6.04 Å². The number of ether oxygens (including phenoxy) is 1. The number of hydrogen-bond acceptors (Lipinski definition) is 5. The molecule has 0 aromatic rings. The fourth-order valence-corrected chi connectivity index (χ4v) is 2.93. The van der Waals surface area contributed by atoms with E-state index >= 15 is 0 Å². The Hall–Kier alpha value is -0.453. The van der Waals surface area contributed by atoms with E-state index in [1.165, 1.54) is 0 Å². The van der Waals surface area contributed by atoms with E-state index in [0.29, 0.717) is 13.2 Å². The molecule has 0 amide bonds. The third-order valence-corrected chi connectivity index (χ3v) is 5.12. The Morgan fingerprint density at radius 3 is 2.19 bits per heavy atom. The van der Waals surface area contributed by atoms with Gasteiger partial charge in [0, 0.05) is 34.0 Å². The number of nitrogens with zero attached hydrogens (tertiary/aromatic N) is 1. The summed E-state index contributed by atoms with van der Waals surface area (Å²) in [5.74, 6) is -0.0609. The molecule has 6 heteroatoms. The van der Waals surface area contributed by atoms with Crippen molar-refractivity contribution in [2.24, 2.45) is 5.92 Å². The van der Waals surface area contributed by atoms with Crippen molar-refractivity contribution in [3.63, 3.8) is 0 Å². The first-order valence-electron chi connectivity index (χ1n) is 5.27. The standard InChI is InChI=1S/C10H21NO4Si/c1-10(8-11)9-15-6-5-7-16(12-2,13-3)14-4/h10H,5-7,9H2,1-4H3. The zero-order valence-corrected chi connectivity index (χ0v) is 11.5. The van der Waals surface area contributed by atoms with Crippen molar-refractivity contribution < 1.29 is 18.0 Å². The highest BCUT2D eigenvalue weighted by atomic mass is 28.4. The van der Waals surface area contributed by atoms with Gasteiger partial charge in [-0.1, -0.05) is 0 Å². The predicted molar refractivity (Wildman–Crippen MR) is 61.8 cm³/mol. The van der Waals surface area contributed by atoms with Crippen LogP contribution in [0.5, 0.6) is 0 Å². The zero-order chi connectivity index (χ0) is 12.4. The van der Waals surface area contributed by atoms with E-state index in [2.05, 4.69) is 6.07 Å². The van der Waals surface area contributed by atoms with Crippen LogP contribution in [0.4, 0.5) is 0 Å². The van der Waals surface area contributed by atoms with Gasteiger partial charge in [0.15, 0.2) is 0 Å². The van der Waals surface area contributed by atoms with Gasteiger partial charge in [0.2, 0.25) is 0 Å². The minimum absolute atomic E-state index is 0.0609. The summed E-state index contributed by atoms with van der Waals surface area (Å²) in [6.07, 6.45) is 0.805. The average molecular weight is 247 g/mol. The van der Waals surface area contributed by atoms with E-state index in [0.717, 1.165) is 12.5 Å². The summed E-state index contributed by atoms with van der Waals surface area (Å²) < 4.78 is 21.2. The smallest absolute Gasteiger partial charge is 0.380 e. The maximum absolute atomic E-state index is 8.55. The van der Waals surface area contributed by atoms with E-state index in [4.69, 9.17) is 23.3 Å². The monoisotopic (exact) mass is 247 g/mol. The first-order valence-corrected chi connectivity index (χ1v) is 7.20. The molecule has 0 aliphatic carbocycles. The third kappa shape index (κ3) is 5.58. The van der Waals surface area contributed by atoms with Gasteiger partial charge in [0.25, 0.3) is 0 Å². The number of hydrogen-bond donors (Lipinski definition) is 0. The van der Waals surface area contributed by atoms with Crippen molar-refractivity contribution >= 4 is 8.80 Å². The van der Waals surface area contributed by atoms with Gasteiger partial charge in [0.05, 0.1) is 18.6 Å². The van der Waals surface area contributed by atoms with Crippen molar-refractivity contribution in [3.05, 3.63) is 0 Å². The molecule has 0 heterocycles. The molecule has 0 N–H and O–H groups in total. The molecule has 0 aromatic heterocycles. The third-order valence-electron chi connectivity index (χ3n) is 2.29. The van der Waals surface area contributed by atoms with Gasteiger partial charge < -0.3 is 18.0 Å². The van der Waals surface area contributed by atoms with Gasteiger partial charge >= 0.3 is 8.80 Å². The first-order chi connectivity index (χ1) is 7.64. The highest BCUT2D eigenvalue weighted by Gasteiger charge is 2.36. The van der Waals surface area contributed by atoms with Gasteiger partial charge in [-0.15, -0.1) is 0 Å². The fraction of sp³-hybridized carbons (Fsp3) is 0.900. The second-order valence-corrected chi connectivity index (χ2v) is 6.59. The van der Waals surface area contributed by atoms with E-state index in [9.17, 15) is 0 Å². The minimum Gasteiger partial charge on any atom is -0.380 e. The summed E-state index contributed by atoms with van der Waals surface area (Å²) in [4.78, 5) is 0. The van der Waals surface area contributed by atoms with Crippen LogP contribution < -0.4 is 0 Å². The molecular formula is C10H21NO4Si. The molecule has 0 spiro atoms. The molecule has 0 aromatic carbocycles. The maximum atomic E-state index is 8.55. The Morgan fingerprint density at radius 1 is 1.19 bits per heavy atom. The Kier molecular flexibility index (Phi) is 8.43. The molecular weight excluding hydrogens is 226 g/mol. The predicted octanol–water partition coefficient (Wildman–Crippen LogP) is 1.43. The summed E-state index contributed by atoms with van der Waals surface area (Å²) >= 11 is 0. The molecule has 1 atom stereocenters. The summed E-state index contributed by atoms with van der Waals surface area (Å²) in [7, 11) is 2.34. The van der Waals surface area contributed by atoms with Gasteiger partial charge in [-0.2, -0.15) is 5.26 Å². The van der Waals surface area contributed by atoms with Crippen LogP contribution in [0.1, 0.15) is 13.3 Å². The average Bonchev–Trinajstić information content (AvgIpc) is 2.34. The maximum Gasteiger partial charge on any atom is 0.500 e. The highest BCUT2D eigenvalue weighted by Crippen LogP contribution is 2.14. The molecule has 0 saturated heterocycles. The molecule has 94 valence electrons. The second kappa shape index (κ2) is 8.67. The largest absolute Gasteiger partial charge is 0.500 e. The van der Waals surface area contributed by atoms with Crippen molar-refractivity contribution in [3.8, 4) is 6.07 Å². The fourth-order valence-electron chi connectivity index (χ4n) is 1.24. The van der Waals surface area contributed by atoms with E-state index in [1.54, 1.807) is 21.3 Å². The Balaban J connectivity index is 3.68. The zero-order valence-electron chi connectivity index (χ0n) is 10.5. The molecule has 0 saturated carbocycles. The second-order valence-electron chi connectivity index (χ2n) is 3.50. The number of nitriles is 1. The van der Waals surface area contributed by atoms with Crippen LogP contribution in [0, 0.1) is 17.2 Å². The first kappa shape index (κ1) is 15.5. The molecule has 0 fully saturated rings. The van der Waals surface area contributed by atoms with Gasteiger partial charge in [-0.3, -0.25) is 0 Å². The molecule has 0 aliphatic rings. The van der Waals surface area contributed by atoms with Crippen LogP contribution in [0.25, 0.3) is 0 Å². The van der Waals surface area contributed by atoms with Crippen LogP contribution in [-0.4, -0.2) is 43.3 Å². The van der Waals surface area contributed by atoms with Crippen molar-refractivity contribution in [2.45, 2.75) is 19.4 Å². The van der Waals surface area contributed by atoms with Crippen LogP contribution >= 0.6 is 0 Å². The summed E-state index contributed by atoms with van der Waals surface area (Å²) in [5.41, 5.74) is 0. The lowest BCUT2D eigenvalue weighted by Gasteiger charge is -2.24. The van der Waals surface area contributed by atoms with Crippen LogP contribution in [0.3, 0.4) is 0 Å². The van der Waals surface area contributed by atoms with E-state index in [1.807, 2.05) is 6.92 Å². The summed E-state index contributed by atoms with van der Waals surface area (Å²) in [6, 6.07) is 2.83. The Morgan fingerprint density at radius 2 is 1.75 bits per heavy atom. The van der Waals surface area contributed by atoms with Crippen LogP contribution in [0.15, 0.2) is 0 Å². The molecule has 0 aliphatic heterocycles. The molecule has 16 heavy (non-hydrogen) atoms. The lowest BCUT2D eigenvalue weighted by Crippen LogP contribution is -2.42. The SMILES string of the molecule is CO[Si](CCCOCC(C)C#N)(OC)OC. The number of rotatable bonds is 9. The van der Waals surface area contributed by atoms with Crippen LogP contribution in [-0.2, 0) is 18.0 Å². The lowest BCUT2D eigenvalue weighted by atomic mass is 10.2. The van der Waals surface area contributed by atoms with Crippen molar-refractivity contribution in [1.29, 1.82) is 5.26 Å². The quantitative estimate of drug-likeness (QED) is 0.455.